The van der Waals surface area contributed by atoms with Gasteiger partial charge in [0.2, 0.25) is 11.8 Å². The molecular weight excluding hydrogens is 617 g/mol. The fourth-order valence-corrected chi connectivity index (χ4v) is 7.55. The Labute approximate surface area is 258 Å². The number of carbonyl (C=O) groups is 3. The minimum atomic E-state index is -4.50. The van der Waals surface area contributed by atoms with E-state index in [0.717, 1.165) is 11.0 Å². The first-order valence-electron chi connectivity index (χ1n) is 14.1. The van der Waals surface area contributed by atoms with Crippen molar-refractivity contribution < 1.29 is 36.3 Å². The third-order valence-electron chi connectivity index (χ3n) is 8.85. The summed E-state index contributed by atoms with van der Waals surface area (Å²) >= 11 is 1.25. The lowest BCUT2D eigenvalue weighted by atomic mass is 9.95. The molecule has 0 bridgehead atoms. The first kappa shape index (κ1) is 30.7. The fourth-order valence-electron chi connectivity index (χ4n) is 6.64. The van der Waals surface area contributed by atoms with E-state index in [0.29, 0.717) is 10.4 Å². The molecular formula is C31H28F5N5O3S. The Kier molecular flexibility index (Phi) is 7.26. The van der Waals surface area contributed by atoms with Crippen molar-refractivity contribution in [3.8, 4) is 11.1 Å². The van der Waals surface area contributed by atoms with Crippen LogP contribution in [0.3, 0.4) is 0 Å². The molecule has 8 nitrogen and oxygen atoms in total. The van der Waals surface area contributed by atoms with Crippen molar-refractivity contribution in [2.75, 3.05) is 6.54 Å². The first-order chi connectivity index (χ1) is 21.1. The summed E-state index contributed by atoms with van der Waals surface area (Å²) in [6, 6.07) is 8.72. The normalized spacial score (nSPS) is 23.0. The molecule has 0 spiro atoms. The van der Waals surface area contributed by atoms with Gasteiger partial charge in [0.25, 0.3) is 11.8 Å². The molecule has 14 heteroatoms. The van der Waals surface area contributed by atoms with Gasteiger partial charge in [-0.05, 0) is 49.1 Å². The summed E-state index contributed by atoms with van der Waals surface area (Å²) in [5.74, 6) is -5.47. The molecule has 2 heterocycles. The highest BCUT2D eigenvalue weighted by atomic mass is 32.1. The van der Waals surface area contributed by atoms with Gasteiger partial charge in [0, 0.05) is 44.0 Å². The summed E-state index contributed by atoms with van der Waals surface area (Å²) < 4.78 is 70.2. The van der Waals surface area contributed by atoms with E-state index >= 15 is 0 Å². The van der Waals surface area contributed by atoms with Gasteiger partial charge in [0.15, 0.2) is 0 Å². The van der Waals surface area contributed by atoms with E-state index in [1.807, 2.05) is 0 Å². The van der Waals surface area contributed by atoms with Crippen molar-refractivity contribution in [2.45, 2.75) is 56.4 Å². The second-order valence-corrected chi connectivity index (χ2v) is 12.8. The number of nitrogens with two attached hydrogens (primary N) is 1. The number of fused-ring (bicyclic) bond motifs is 4. The van der Waals surface area contributed by atoms with Crippen molar-refractivity contribution in [1.29, 1.82) is 5.41 Å². The average molecular weight is 646 g/mol. The number of hydrogen-bond acceptors (Lipinski definition) is 5. The highest BCUT2D eigenvalue weighted by molar-refractivity contribution is 7.10. The van der Waals surface area contributed by atoms with Crippen LogP contribution in [0.5, 0.6) is 0 Å². The Bertz CT molecular complexity index is 1740. The smallest absolute Gasteiger partial charge is 0.384 e. The SMILES string of the molecule is C[C@@H](NC(=O)[C@@H]1C[C@]2(CC(F)(F)F)C[C@@H]2N1C(=O)CNC(=O)c1ccc2c(c1)-c1ccccc1C2(F)F)c1cc(C(=N)N)cs1. The number of thiophene rings is 1. The zero-order valence-electron chi connectivity index (χ0n) is 23.8. The number of likely N-dealkylation sites (tertiary alicyclic amines) is 1. The molecule has 1 aliphatic heterocycles. The highest BCUT2D eigenvalue weighted by Crippen LogP contribution is 2.64. The first-order valence-corrected chi connectivity index (χ1v) is 15.0. The van der Waals surface area contributed by atoms with Crippen molar-refractivity contribution in [1.82, 2.24) is 15.5 Å². The number of alkyl halides is 5. The van der Waals surface area contributed by atoms with Gasteiger partial charge in [0.05, 0.1) is 19.0 Å². The number of rotatable bonds is 8. The molecule has 5 N–H and O–H groups in total. The molecule has 3 aliphatic rings. The molecule has 2 fully saturated rings. The molecule has 0 unspecified atom stereocenters. The van der Waals surface area contributed by atoms with Crippen LogP contribution in [-0.4, -0.2) is 53.3 Å². The standard InChI is InChI=1S/C31H28F5N5O3S/c1-15(23-9-17(13-45-23)26(37)38)40-28(44)22-10-29(14-30(32,33)34)11-24(29)41(22)25(42)12-39-27(43)16-6-7-21-19(8-16)18-4-2-3-5-20(18)31(21,35)36/h2-9,13,15,22,24H,10-12,14H2,1H3,(H3,37,38)(H,39,43)(H,40,44)/t15-,22+,24+,29-/m1/s1. The molecule has 1 aromatic heterocycles. The van der Waals surface area contributed by atoms with Crippen LogP contribution in [0.1, 0.15) is 64.2 Å². The van der Waals surface area contributed by atoms with Gasteiger partial charge in [-0.2, -0.15) is 22.0 Å². The van der Waals surface area contributed by atoms with Crippen LogP contribution in [0.4, 0.5) is 22.0 Å². The number of benzene rings is 2. The van der Waals surface area contributed by atoms with E-state index in [4.69, 9.17) is 11.1 Å². The maximum Gasteiger partial charge on any atom is 0.389 e. The van der Waals surface area contributed by atoms with Gasteiger partial charge in [-0.1, -0.05) is 30.3 Å². The number of nitrogens with zero attached hydrogens (tertiary/aromatic N) is 1. The Hall–Kier alpha value is -4.33. The summed E-state index contributed by atoms with van der Waals surface area (Å²) in [5.41, 5.74) is 4.78. The zero-order chi connectivity index (χ0) is 32.5. The zero-order valence-corrected chi connectivity index (χ0v) is 24.6. The van der Waals surface area contributed by atoms with Crippen LogP contribution in [0, 0.1) is 10.8 Å². The van der Waals surface area contributed by atoms with Gasteiger partial charge in [-0.3, -0.25) is 19.8 Å². The molecule has 0 radical (unpaired) electrons. The summed E-state index contributed by atoms with van der Waals surface area (Å²) in [7, 11) is 0. The summed E-state index contributed by atoms with van der Waals surface area (Å²) in [6.07, 6.45) is -5.75. The van der Waals surface area contributed by atoms with Crippen LogP contribution < -0.4 is 16.4 Å². The minimum Gasteiger partial charge on any atom is -0.384 e. The minimum absolute atomic E-state index is 0.0253. The third kappa shape index (κ3) is 5.45. The summed E-state index contributed by atoms with van der Waals surface area (Å²) in [5, 5.41) is 14.4. The van der Waals surface area contributed by atoms with Crippen LogP contribution in [0.25, 0.3) is 11.1 Å². The lowest BCUT2D eigenvalue weighted by Gasteiger charge is -2.28. The predicted octanol–water partition coefficient (Wildman–Crippen LogP) is 5.07. The number of nitrogen functional groups attached to an aromatic ring is 1. The molecule has 1 saturated heterocycles. The van der Waals surface area contributed by atoms with Gasteiger partial charge >= 0.3 is 6.18 Å². The van der Waals surface area contributed by atoms with Crippen molar-refractivity contribution in [2.24, 2.45) is 11.1 Å². The van der Waals surface area contributed by atoms with Crippen LogP contribution in [-0.2, 0) is 15.5 Å². The number of amidine groups is 1. The Morgan fingerprint density at radius 3 is 2.47 bits per heavy atom. The average Bonchev–Trinajstić information content (AvgIpc) is 3.28. The molecule has 1 saturated carbocycles. The number of amides is 3. The van der Waals surface area contributed by atoms with Gasteiger partial charge in [-0.25, -0.2) is 0 Å². The molecule has 3 amide bonds. The molecule has 2 aromatic carbocycles. The van der Waals surface area contributed by atoms with E-state index in [-0.39, 0.29) is 46.5 Å². The molecule has 2 aliphatic carbocycles. The number of nitrogens with one attached hydrogen (secondary N) is 3. The molecule has 6 rings (SSSR count). The number of piperidine rings is 1. The van der Waals surface area contributed by atoms with Crippen LogP contribution in [0.15, 0.2) is 53.9 Å². The van der Waals surface area contributed by atoms with Gasteiger partial charge < -0.3 is 21.3 Å². The molecule has 236 valence electrons. The Balaban J connectivity index is 1.17. The number of carbonyl (C=O) groups excluding carboxylic acids is 3. The number of halogens is 5. The molecule has 3 aromatic rings. The lowest BCUT2D eigenvalue weighted by molar-refractivity contribution is -0.148. The topological polar surface area (TPSA) is 128 Å². The Morgan fingerprint density at radius 1 is 1.07 bits per heavy atom. The summed E-state index contributed by atoms with van der Waals surface area (Å²) in [6.45, 7) is 1.07. The van der Waals surface area contributed by atoms with Crippen LogP contribution >= 0.6 is 11.3 Å². The lowest BCUT2D eigenvalue weighted by Crippen LogP contribution is -2.51. The Morgan fingerprint density at radius 2 is 1.78 bits per heavy atom. The predicted molar refractivity (Wildman–Crippen MR) is 156 cm³/mol. The van der Waals surface area contributed by atoms with E-state index < -0.39 is 66.3 Å². The third-order valence-corrected chi connectivity index (χ3v) is 9.97. The van der Waals surface area contributed by atoms with Crippen molar-refractivity contribution >= 4 is 34.9 Å². The quantitative estimate of drug-likeness (QED) is 0.155. The van der Waals surface area contributed by atoms with E-state index in [1.165, 1.54) is 41.7 Å². The monoisotopic (exact) mass is 645 g/mol. The molecule has 4 atom stereocenters. The molecule has 45 heavy (non-hydrogen) atoms. The van der Waals surface area contributed by atoms with Crippen molar-refractivity contribution in [3.63, 3.8) is 0 Å². The van der Waals surface area contributed by atoms with Gasteiger partial charge in [0.1, 0.15) is 11.9 Å². The number of hydrogen-bond donors (Lipinski definition) is 4. The highest BCUT2D eigenvalue weighted by Gasteiger charge is 2.69. The maximum absolute atomic E-state index is 14.9. The summed E-state index contributed by atoms with van der Waals surface area (Å²) in [4.78, 5) is 41.6. The largest absolute Gasteiger partial charge is 0.389 e. The van der Waals surface area contributed by atoms with Crippen molar-refractivity contribution in [3.05, 3.63) is 81.0 Å². The van der Waals surface area contributed by atoms with Crippen LogP contribution in [0.2, 0.25) is 0 Å². The van der Waals surface area contributed by atoms with E-state index in [1.54, 1.807) is 24.4 Å². The van der Waals surface area contributed by atoms with E-state index in [9.17, 15) is 36.3 Å². The van der Waals surface area contributed by atoms with E-state index in [2.05, 4.69) is 10.6 Å². The second kappa shape index (κ2) is 10.6. The second-order valence-electron chi connectivity index (χ2n) is 11.8. The van der Waals surface area contributed by atoms with Gasteiger partial charge in [-0.15, -0.1) is 11.3 Å². The fraction of sp³-hybridized carbons (Fsp3) is 0.355. The maximum atomic E-state index is 14.9.